The summed E-state index contributed by atoms with van der Waals surface area (Å²) in [5.74, 6) is 0.390. The van der Waals surface area contributed by atoms with Gasteiger partial charge in [0.15, 0.2) is 5.96 Å². The van der Waals surface area contributed by atoms with Crippen LogP contribution in [0, 0.1) is 5.82 Å². The molecule has 1 aromatic heterocycles. The molecule has 0 aliphatic rings. The molecule has 0 aliphatic carbocycles. The van der Waals surface area contributed by atoms with Crippen LogP contribution in [-0.2, 0) is 12.0 Å². The summed E-state index contributed by atoms with van der Waals surface area (Å²) in [7, 11) is 0. The fourth-order valence-electron chi connectivity index (χ4n) is 3.00. The molecule has 0 bridgehead atoms. The van der Waals surface area contributed by atoms with E-state index >= 15 is 0 Å². The number of aryl methyl sites for hydroxylation is 1. The molecule has 2 rings (SSSR count). The summed E-state index contributed by atoms with van der Waals surface area (Å²) in [6, 6.07) is 9.67. The molecule has 8 heteroatoms. The molecule has 0 aliphatic heterocycles. The number of rotatable bonds is 9. The van der Waals surface area contributed by atoms with E-state index in [2.05, 4.69) is 15.6 Å². The van der Waals surface area contributed by atoms with Crippen LogP contribution < -0.4 is 16.2 Å². The van der Waals surface area contributed by atoms with Crippen molar-refractivity contribution in [2.45, 2.75) is 45.6 Å². The molecule has 2 aromatic rings. The van der Waals surface area contributed by atoms with Crippen molar-refractivity contribution in [3.63, 3.8) is 0 Å². The summed E-state index contributed by atoms with van der Waals surface area (Å²) in [5, 5.41) is 6.98. The van der Waals surface area contributed by atoms with Gasteiger partial charge in [0.2, 0.25) is 5.56 Å². The molecule has 166 valence electrons. The van der Waals surface area contributed by atoms with Crippen LogP contribution in [0.5, 0.6) is 0 Å². The first-order valence-electron chi connectivity index (χ1n) is 9.96. The molecule has 0 fully saturated rings. The van der Waals surface area contributed by atoms with E-state index in [0.717, 1.165) is 37.5 Å². The third-order valence-electron chi connectivity index (χ3n) is 4.65. The Morgan fingerprint density at radius 3 is 2.63 bits per heavy atom. The van der Waals surface area contributed by atoms with Crippen LogP contribution in [0.2, 0.25) is 5.02 Å². The second-order valence-electron chi connectivity index (χ2n) is 7.57. The Bertz CT molecular complexity index is 885. The lowest BCUT2D eigenvalue weighted by molar-refractivity contribution is 0.533. The van der Waals surface area contributed by atoms with Gasteiger partial charge in [0, 0.05) is 42.3 Å². The number of guanidine groups is 1. The number of aliphatic imine (C=N–C) groups is 1. The van der Waals surface area contributed by atoms with Crippen LogP contribution in [-0.4, -0.2) is 30.2 Å². The molecule has 0 amide bonds. The van der Waals surface area contributed by atoms with Crippen LogP contribution in [0.1, 0.15) is 39.2 Å². The molecule has 1 heterocycles. The van der Waals surface area contributed by atoms with E-state index in [0.29, 0.717) is 18.1 Å². The quantitative estimate of drug-likeness (QED) is 0.209. The van der Waals surface area contributed by atoms with Crippen LogP contribution in [0.25, 0.3) is 0 Å². The molecule has 30 heavy (non-hydrogen) atoms. The van der Waals surface area contributed by atoms with E-state index in [1.165, 1.54) is 12.1 Å². The van der Waals surface area contributed by atoms with E-state index < -0.39 is 0 Å². The van der Waals surface area contributed by atoms with Gasteiger partial charge >= 0.3 is 0 Å². The summed E-state index contributed by atoms with van der Waals surface area (Å²) < 4.78 is 15.0. The molecule has 0 saturated carbocycles. The zero-order valence-corrected chi connectivity index (χ0v) is 20.8. The second-order valence-corrected chi connectivity index (χ2v) is 7.98. The van der Waals surface area contributed by atoms with Crippen molar-refractivity contribution in [3.05, 3.63) is 69.4 Å². The number of halogens is 3. The maximum absolute atomic E-state index is 13.3. The van der Waals surface area contributed by atoms with Crippen LogP contribution in [0.3, 0.4) is 0 Å². The Morgan fingerprint density at radius 1 is 1.20 bits per heavy atom. The van der Waals surface area contributed by atoms with Gasteiger partial charge in [-0.15, -0.1) is 24.0 Å². The Kier molecular flexibility index (Phi) is 11.4. The molecular weight excluding hydrogens is 518 g/mol. The molecule has 0 radical (unpaired) electrons. The molecule has 0 unspecified atom stereocenters. The summed E-state index contributed by atoms with van der Waals surface area (Å²) in [5.41, 5.74) is 0.562. The minimum absolute atomic E-state index is 0. The van der Waals surface area contributed by atoms with E-state index in [1.54, 1.807) is 22.8 Å². The zero-order chi connectivity index (χ0) is 21.3. The van der Waals surface area contributed by atoms with Crippen molar-refractivity contribution >= 4 is 41.5 Å². The lowest BCUT2D eigenvalue weighted by atomic mass is 9.84. The lowest BCUT2D eigenvalue weighted by Crippen LogP contribution is -2.39. The number of benzene rings is 1. The second kappa shape index (κ2) is 12.9. The van der Waals surface area contributed by atoms with Gasteiger partial charge in [-0.3, -0.25) is 9.79 Å². The minimum atomic E-state index is -0.342. The van der Waals surface area contributed by atoms with Crippen molar-refractivity contribution in [2.75, 3.05) is 19.6 Å². The molecule has 0 spiro atoms. The van der Waals surface area contributed by atoms with Crippen molar-refractivity contribution in [1.29, 1.82) is 0 Å². The third-order valence-corrected chi connectivity index (χ3v) is 4.97. The van der Waals surface area contributed by atoms with Crippen molar-refractivity contribution in [3.8, 4) is 0 Å². The van der Waals surface area contributed by atoms with Crippen molar-refractivity contribution in [1.82, 2.24) is 15.2 Å². The first-order chi connectivity index (χ1) is 13.8. The van der Waals surface area contributed by atoms with Gasteiger partial charge in [-0.2, -0.15) is 0 Å². The summed E-state index contributed by atoms with van der Waals surface area (Å²) in [4.78, 5) is 16.4. The average molecular weight is 549 g/mol. The highest BCUT2D eigenvalue weighted by molar-refractivity contribution is 14.0. The molecular formula is C22H31ClFIN4O. The maximum atomic E-state index is 13.3. The highest BCUT2D eigenvalue weighted by atomic mass is 127. The van der Waals surface area contributed by atoms with Crippen molar-refractivity contribution < 1.29 is 4.39 Å². The Balaban J connectivity index is 0.00000450. The van der Waals surface area contributed by atoms with Crippen LogP contribution in [0.4, 0.5) is 4.39 Å². The van der Waals surface area contributed by atoms with E-state index in [9.17, 15) is 9.18 Å². The first-order valence-corrected chi connectivity index (χ1v) is 10.3. The highest BCUT2D eigenvalue weighted by Gasteiger charge is 2.23. The van der Waals surface area contributed by atoms with Crippen LogP contribution in [0.15, 0.2) is 52.4 Å². The summed E-state index contributed by atoms with van der Waals surface area (Å²) >= 11 is 6.23. The first kappa shape index (κ1) is 26.4. The topological polar surface area (TPSA) is 58.4 Å². The van der Waals surface area contributed by atoms with Crippen LogP contribution >= 0.6 is 35.6 Å². The summed E-state index contributed by atoms with van der Waals surface area (Å²) in [6.07, 6.45) is 3.62. The van der Waals surface area contributed by atoms with Gasteiger partial charge in [0.1, 0.15) is 5.82 Å². The monoisotopic (exact) mass is 548 g/mol. The number of unbranched alkanes of at least 4 members (excludes halogenated alkanes) is 1. The predicted octanol–water partition coefficient (Wildman–Crippen LogP) is 4.57. The number of nitrogens with zero attached hydrogens (tertiary/aromatic N) is 2. The molecule has 0 atom stereocenters. The van der Waals surface area contributed by atoms with Gasteiger partial charge in [-0.05, 0) is 43.5 Å². The average Bonchev–Trinajstić information content (AvgIpc) is 2.67. The number of pyridine rings is 1. The fraction of sp³-hybridized carbons (Fsp3) is 0.455. The third kappa shape index (κ3) is 8.26. The Labute approximate surface area is 200 Å². The van der Waals surface area contributed by atoms with Gasteiger partial charge in [-0.25, -0.2) is 4.39 Å². The molecule has 0 saturated heterocycles. The highest BCUT2D eigenvalue weighted by Crippen LogP contribution is 2.30. The fourth-order valence-corrected chi connectivity index (χ4v) is 3.42. The van der Waals surface area contributed by atoms with Gasteiger partial charge in [0.05, 0.1) is 6.54 Å². The zero-order valence-electron chi connectivity index (χ0n) is 17.8. The molecule has 2 N–H and O–H groups in total. The van der Waals surface area contributed by atoms with Gasteiger partial charge in [0.25, 0.3) is 0 Å². The number of nitrogens with one attached hydrogen (secondary N) is 2. The predicted molar refractivity (Wildman–Crippen MR) is 134 cm³/mol. The van der Waals surface area contributed by atoms with Gasteiger partial charge < -0.3 is 15.2 Å². The SMILES string of the molecule is CCNC(=NCC(C)(C)c1ccc(F)cc1Cl)NCCCCn1ccccc1=O.I. The molecule has 1 aromatic carbocycles. The van der Waals surface area contributed by atoms with Crippen molar-refractivity contribution in [2.24, 2.45) is 4.99 Å². The number of hydrogen-bond acceptors (Lipinski definition) is 2. The Morgan fingerprint density at radius 2 is 1.97 bits per heavy atom. The van der Waals surface area contributed by atoms with E-state index in [4.69, 9.17) is 11.6 Å². The minimum Gasteiger partial charge on any atom is -0.357 e. The number of hydrogen-bond donors (Lipinski definition) is 2. The van der Waals surface area contributed by atoms with Gasteiger partial charge in [-0.1, -0.05) is 37.6 Å². The normalized spacial score (nSPS) is 11.7. The van der Waals surface area contributed by atoms with E-state index in [1.807, 2.05) is 33.0 Å². The Hall–Kier alpha value is -1.61. The smallest absolute Gasteiger partial charge is 0.250 e. The standard InChI is InChI=1S/C22H30ClFN4O.HI/c1-4-25-21(26-12-6-8-14-28-13-7-5-9-20(28)29)27-16-22(2,3)18-11-10-17(24)15-19(18)23;/h5,7,9-11,13,15H,4,6,8,12,14,16H2,1-3H3,(H2,25,26,27);1H. The van der Waals surface area contributed by atoms with E-state index in [-0.39, 0.29) is 40.8 Å². The largest absolute Gasteiger partial charge is 0.357 e. The summed E-state index contributed by atoms with van der Waals surface area (Å²) in [6.45, 7) is 8.81. The molecule has 5 nitrogen and oxygen atoms in total. The lowest BCUT2D eigenvalue weighted by Gasteiger charge is -2.25. The number of aromatic nitrogens is 1. The maximum Gasteiger partial charge on any atom is 0.250 e.